The third-order valence-electron chi connectivity index (χ3n) is 5.58. The summed E-state index contributed by atoms with van der Waals surface area (Å²) >= 11 is 0. The molecule has 4 atom stereocenters. The quantitative estimate of drug-likeness (QED) is 0.566. The topological polar surface area (TPSA) is 89.5 Å². The first-order valence-electron chi connectivity index (χ1n) is 11.3. The Bertz CT molecular complexity index is 988. The van der Waals surface area contributed by atoms with Crippen LogP contribution in [0, 0.1) is 0 Å². The Morgan fingerprint density at radius 2 is 1.44 bits per heavy atom. The number of carbonyl (C=O) groups is 2. The number of hydrogen-bond acceptors (Lipinski definition) is 8. The van der Waals surface area contributed by atoms with E-state index in [0.717, 1.165) is 0 Å². The maximum absolute atomic E-state index is 12.9. The Kier molecular flexibility index (Phi) is 7.04. The van der Waals surface area contributed by atoms with Gasteiger partial charge in [-0.25, -0.2) is 9.59 Å². The van der Waals surface area contributed by atoms with Crippen molar-refractivity contribution in [2.45, 2.75) is 63.7 Å². The molecule has 0 amide bonds. The highest BCUT2D eigenvalue weighted by Gasteiger charge is 2.53. The number of hydrogen-bond donors (Lipinski definition) is 0. The standard InChI is InChI=1S/C26H30O8/c1-25(2)30-16-20(32-25)22-21(33-26(3,4)34-22)19(31-24(28)18-13-9-6-10-14-18)15-29-23(27)17-11-7-5-8-12-17/h5-14,19-22H,15-16H2,1-4H3/t19-,20+,21+,22-/m0/s1. The summed E-state index contributed by atoms with van der Waals surface area (Å²) in [5.74, 6) is -2.83. The molecule has 0 radical (unpaired) electrons. The van der Waals surface area contributed by atoms with E-state index in [-0.39, 0.29) is 13.2 Å². The summed E-state index contributed by atoms with van der Waals surface area (Å²) in [5.41, 5.74) is 0.767. The predicted octanol–water partition coefficient (Wildman–Crippen LogP) is 3.74. The molecule has 182 valence electrons. The third kappa shape index (κ3) is 5.82. The SMILES string of the molecule is CC1(C)O[C@@H]([C@H]2COC(C)(C)O2)[C@@H]([C@H](COC(=O)c2ccccc2)OC(=O)c2ccccc2)O1. The lowest BCUT2D eigenvalue weighted by atomic mass is 10.0. The van der Waals surface area contributed by atoms with Crippen molar-refractivity contribution in [2.75, 3.05) is 13.2 Å². The van der Waals surface area contributed by atoms with E-state index in [1.807, 2.05) is 26.0 Å². The van der Waals surface area contributed by atoms with Gasteiger partial charge in [-0.2, -0.15) is 0 Å². The predicted molar refractivity (Wildman–Crippen MR) is 121 cm³/mol. The van der Waals surface area contributed by atoms with Crippen molar-refractivity contribution in [3.05, 3.63) is 71.8 Å². The molecule has 2 aliphatic rings. The van der Waals surface area contributed by atoms with Crippen LogP contribution in [-0.2, 0) is 28.4 Å². The summed E-state index contributed by atoms with van der Waals surface area (Å²) < 4.78 is 35.4. The molecule has 2 aromatic carbocycles. The monoisotopic (exact) mass is 470 g/mol. The van der Waals surface area contributed by atoms with Crippen molar-refractivity contribution in [1.29, 1.82) is 0 Å². The van der Waals surface area contributed by atoms with E-state index in [9.17, 15) is 9.59 Å². The maximum atomic E-state index is 12.9. The van der Waals surface area contributed by atoms with Crippen LogP contribution in [0.4, 0.5) is 0 Å². The molecular formula is C26H30O8. The number of esters is 2. The van der Waals surface area contributed by atoms with Gasteiger partial charge in [-0.1, -0.05) is 36.4 Å². The molecule has 2 fully saturated rings. The van der Waals surface area contributed by atoms with Crippen LogP contribution in [0.2, 0.25) is 0 Å². The fourth-order valence-corrected chi connectivity index (χ4v) is 4.06. The van der Waals surface area contributed by atoms with Crippen molar-refractivity contribution in [2.24, 2.45) is 0 Å². The average molecular weight is 471 g/mol. The van der Waals surface area contributed by atoms with Gasteiger partial charge in [-0.05, 0) is 52.0 Å². The molecule has 0 aliphatic carbocycles. The zero-order chi connectivity index (χ0) is 24.3. The number of rotatable bonds is 7. The normalized spacial score (nSPS) is 26.1. The van der Waals surface area contributed by atoms with E-state index in [0.29, 0.717) is 11.1 Å². The van der Waals surface area contributed by atoms with Crippen molar-refractivity contribution < 1.29 is 38.0 Å². The maximum Gasteiger partial charge on any atom is 0.338 e. The van der Waals surface area contributed by atoms with Crippen LogP contribution in [-0.4, -0.2) is 61.1 Å². The second-order valence-electron chi connectivity index (χ2n) is 9.21. The highest BCUT2D eigenvalue weighted by molar-refractivity contribution is 5.90. The molecule has 2 aliphatic heterocycles. The van der Waals surface area contributed by atoms with Gasteiger partial charge in [0.05, 0.1) is 17.7 Å². The summed E-state index contributed by atoms with van der Waals surface area (Å²) in [6, 6.07) is 17.2. The van der Waals surface area contributed by atoms with Crippen molar-refractivity contribution in [3.8, 4) is 0 Å². The fraction of sp³-hybridized carbons (Fsp3) is 0.462. The van der Waals surface area contributed by atoms with Gasteiger partial charge < -0.3 is 28.4 Å². The molecule has 0 bridgehead atoms. The minimum absolute atomic E-state index is 0.218. The molecule has 2 saturated heterocycles. The molecule has 2 heterocycles. The van der Waals surface area contributed by atoms with Gasteiger partial charge in [0.15, 0.2) is 17.7 Å². The van der Waals surface area contributed by atoms with Crippen molar-refractivity contribution in [1.82, 2.24) is 0 Å². The van der Waals surface area contributed by atoms with Crippen LogP contribution in [0.5, 0.6) is 0 Å². The van der Waals surface area contributed by atoms with Crippen molar-refractivity contribution in [3.63, 3.8) is 0 Å². The molecule has 0 saturated carbocycles. The lowest BCUT2D eigenvalue weighted by Crippen LogP contribution is -2.47. The summed E-state index contributed by atoms with van der Waals surface area (Å²) in [5, 5.41) is 0. The van der Waals surface area contributed by atoms with E-state index in [4.69, 9.17) is 28.4 Å². The molecule has 0 N–H and O–H groups in total. The lowest BCUT2D eigenvalue weighted by Gasteiger charge is -2.28. The minimum Gasteiger partial charge on any atom is -0.458 e. The Hall–Kier alpha value is -2.78. The molecule has 2 aromatic rings. The Balaban J connectivity index is 1.56. The molecular weight excluding hydrogens is 440 g/mol. The average Bonchev–Trinajstić information content (AvgIpc) is 3.35. The molecule has 34 heavy (non-hydrogen) atoms. The van der Waals surface area contributed by atoms with Gasteiger partial charge in [0, 0.05) is 0 Å². The van der Waals surface area contributed by atoms with E-state index < -0.39 is 47.9 Å². The highest BCUT2D eigenvalue weighted by atomic mass is 16.8. The molecule has 8 heteroatoms. The highest BCUT2D eigenvalue weighted by Crippen LogP contribution is 2.37. The van der Waals surface area contributed by atoms with E-state index in [1.54, 1.807) is 62.4 Å². The third-order valence-corrected chi connectivity index (χ3v) is 5.58. The van der Waals surface area contributed by atoms with Crippen LogP contribution < -0.4 is 0 Å². The van der Waals surface area contributed by atoms with Gasteiger partial charge >= 0.3 is 11.9 Å². The first kappa shape index (κ1) is 24.3. The van der Waals surface area contributed by atoms with Gasteiger partial charge in [0.2, 0.25) is 0 Å². The van der Waals surface area contributed by atoms with Crippen LogP contribution in [0.3, 0.4) is 0 Å². The van der Waals surface area contributed by atoms with Gasteiger partial charge in [-0.3, -0.25) is 0 Å². The smallest absolute Gasteiger partial charge is 0.338 e. The van der Waals surface area contributed by atoms with Crippen LogP contribution in [0.25, 0.3) is 0 Å². The second-order valence-corrected chi connectivity index (χ2v) is 9.21. The van der Waals surface area contributed by atoms with Gasteiger partial charge in [0.25, 0.3) is 0 Å². The molecule has 0 aromatic heterocycles. The molecule has 0 spiro atoms. The Morgan fingerprint density at radius 1 is 0.853 bits per heavy atom. The summed E-state index contributed by atoms with van der Waals surface area (Å²) in [7, 11) is 0. The van der Waals surface area contributed by atoms with E-state index in [1.165, 1.54) is 0 Å². The van der Waals surface area contributed by atoms with E-state index in [2.05, 4.69) is 0 Å². The fourth-order valence-electron chi connectivity index (χ4n) is 4.06. The van der Waals surface area contributed by atoms with Gasteiger partial charge in [-0.15, -0.1) is 0 Å². The first-order valence-corrected chi connectivity index (χ1v) is 11.3. The zero-order valence-electron chi connectivity index (χ0n) is 19.8. The minimum atomic E-state index is -0.966. The van der Waals surface area contributed by atoms with Crippen molar-refractivity contribution >= 4 is 11.9 Å². The van der Waals surface area contributed by atoms with Gasteiger partial charge in [0.1, 0.15) is 24.9 Å². The Labute approximate surface area is 199 Å². The molecule has 0 unspecified atom stereocenters. The summed E-state index contributed by atoms with van der Waals surface area (Å²) in [6.45, 7) is 7.25. The largest absolute Gasteiger partial charge is 0.458 e. The lowest BCUT2D eigenvalue weighted by molar-refractivity contribution is -0.175. The van der Waals surface area contributed by atoms with E-state index >= 15 is 0 Å². The second kappa shape index (κ2) is 9.84. The number of benzene rings is 2. The summed E-state index contributed by atoms with van der Waals surface area (Å²) in [4.78, 5) is 25.5. The zero-order valence-corrected chi connectivity index (χ0v) is 19.8. The molecule has 8 nitrogen and oxygen atoms in total. The number of ether oxygens (including phenoxy) is 6. The first-order chi connectivity index (χ1) is 16.1. The van der Waals surface area contributed by atoms with Crippen LogP contribution >= 0.6 is 0 Å². The van der Waals surface area contributed by atoms with Crippen LogP contribution in [0.15, 0.2) is 60.7 Å². The molecule has 4 rings (SSSR count). The van der Waals surface area contributed by atoms with Crippen LogP contribution in [0.1, 0.15) is 48.4 Å². The number of carbonyl (C=O) groups excluding carboxylic acids is 2. The summed E-state index contributed by atoms with van der Waals surface area (Å²) in [6.07, 6.45) is -2.77. The Morgan fingerprint density at radius 3 is 2.00 bits per heavy atom.